The first-order chi connectivity index (χ1) is 6.16. The topological polar surface area (TPSA) is 97.5 Å². The highest BCUT2D eigenvalue weighted by molar-refractivity contribution is 5.76. The minimum atomic E-state index is -0.428. The Balaban J connectivity index is 2.94. The third kappa shape index (κ3) is 1.22. The smallest absolute Gasteiger partial charge is 0.347 e. The fraction of sp³-hybridized carbons (Fsp3) is 0.143. The molecule has 0 amide bonds. The first kappa shape index (κ1) is 7.66. The van der Waals surface area contributed by atoms with Crippen LogP contribution >= 0.6 is 0 Å². The predicted molar refractivity (Wildman–Crippen MR) is 47.1 cm³/mol. The van der Waals surface area contributed by atoms with E-state index in [2.05, 4.69) is 19.9 Å². The third-order valence-corrected chi connectivity index (χ3v) is 1.69. The van der Waals surface area contributed by atoms with Crippen LogP contribution < -0.4 is 11.4 Å². The zero-order valence-corrected chi connectivity index (χ0v) is 6.90. The summed E-state index contributed by atoms with van der Waals surface area (Å²) in [5.41, 5.74) is 5.94. The van der Waals surface area contributed by atoms with Gasteiger partial charge in [-0.05, 0) is 6.92 Å². The molecule has 0 saturated carbocycles. The Bertz CT molecular complexity index is 518. The van der Waals surface area contributed by atoms with Gasteiger partial charge in [-0.15, -0.1) is 0 Å². The molecule has 3 N–H and O–H groups in total. The van der Waals surface area contributed by atoms with Gasteiger partial charge in [-0.3, -0.25) is 0 Å². The fourth-order valence-electron chi connectivity index (χ4n) is 1.09. The maximum absolute atomic E-state index is 10.9. The van der Waals surface area contributed by atoms with Crippen molar-refractivity contribution < 1.29 is 0 Å². The summed E-state index contributed by atoms with van der Waals surface area (Å²) in [6.07, 6.45) is 1.54. The minimum absolute atomic E-state index is 0.116. The van der Waals surface area contributed by atoms with E-state index >= 15 is 0 Å². The molecule has 2 aromatic rings. The number of fused-ring (bicyclic) bond motifs is 1. The number of aryl methyl sites for hydroxylation is 1. The van der Waals surface area contributed by atoms with Crippen molar-refractivity contribution in [2.24, 2.45) is 0 Å². The molecule has 6 heteroatoms. The van der Waals surface area contributed by atoms with Gasteiger partial charge in [-0.1, -0.05) is 0 Å². The lowest BCUT2D eigenvalue weighted by molar-refractivity contribution is 1.04. The lowest BCUT2D eigenvalue weighted by Crippen LogP contribution is -2.13. The molecule has 0 aliphatic rings. The van der Waals surface area contributed by atoms with Crippen molar-refractivity contribution in [1.29, 1.82) is 0 Å². The summed E-state index contributed by atoms with van der Waals surface area (Å²) in [7, 11) is 0. The van der Waals surface area contributed by atoms with Gasteiger partial charge in [0, 0.05) is 11.9 Å². The molecule has 66 valence electrons. The van der Waals surface area contributed by atoms with E-state index in [4.69, 9.17) is 5.73 Å². The summed E-state index contributed by atoms with van der Waals surface area (Å²) in [5, 5.41) is 0.703. The van der Waals surface area contributed by atoms with E-state index < -0.39 is 5.69 Å². The van der Waals surface area contributed by atoms with Crippen LogP contribution in [0.5, 0.6) is 0 Å². The van der Waals surface area contributed by atoms with Crippen molar-refractivity contribution in [3.05, 3.63) is 22.4 Å². The van der Waals surface area contributed by atoms with E-state index in [0.717, 1.165) is 0 Å². The van der Waals surface area contributed by atoms with Crippen molar-refractivity contribution in [3.63, 3.8) is 0 Å². The molecule has 2 heterocycles. The molecule has 0 aliphatic heterocycles. The fourth-order valence-corrected chi connectivity index (χ4v) is 1.09. The van der Waals surface area contributed by atoms with Gasteiger partial charge in [0.1, 0.15) is 0 Å². The van der Waals surface area contributed by atoms with Gasteiger partial charge in [-0.2, -0.15) is 9.97 Å². The van der Waals surface area contributed by atoms with Crippen LogP contribution in [0.25, 0.3) is 11.0 Å². The molecule has 0 aliphatic carbocycles. The maximum atomic E-state index is 10.9. The average Bonchev–Trinajstić information content (AvgIpc) is 2.02. The summed E-state index contributed by atoms with van der Waals surface area (Å²) < 4.78 is 0. The number of nitrogens with zero attached hydrogens (tertiary/aromatic N) is 3. The number of anilines is 1. The second-order valence-electron chi connectivity index (χ2n) is 2.63. The summed E-state index contributed by atoms with van der Waals surface area (Å²) >= 11 is 0. The van der Waals surface area contributed by atoms with Crippen LogP contribution in [-0.2, 0) is 0 Å². The number of H-pyrrole nitrogens is 1. The van der Waals surface area contributed by atoms with Gasteiger partial charge in [0.2, 0.25) is 5.95 Å². The molecule has 0 unspecified atom stereocenters. The lowest BCUT2D eigenvalue weighted by Gasteiger charge is -1.98. The highest BCUT2D eigenvalue weighted by Gasteiger charge is 2.02. The molecule has 13 heavy (non-hydrogen) atoms. The Hall–Kier alpha value is -1.98. The summed E-state index contributed by atoms with van der Waals surface area (Å²) in [6.45, 7) is 1.75. The third-order valence-electron chi connectivity index (χ3n) is 1.69. The normalized spacial score (nSPS) is 10.5. The van der Waals surface area contributed by atoms with Crippen LogP contribution in [0.4, 0.5) is 5.95 Å². The van der Waals surface area contributed by atoms with Gasteiger partial charge in [-0.25, -0.2) is 9.78 Å². The molecule has 0 radical (unpaired) electrons. The van der Waals surface area contributed by atoms with Crippen LogP contribution in [0.1, 0.15) is 5.69 Å². The number of rotatable bonds is 0. The number of aromatic amines is 1. The Morgan fingerprint density at radius 3 is 3.00 bits per heavy atom. The molecule has 6 nitrogen and oxygen atoms in total. The summed E-state index contributed by atoms with van der Waals surface area (Å²) in [6, 6.07) is 0. The van der Waals surface area contributed by atoms with Crippen LogP contribution in [0.3, 0.4) is 0 Å². The van der Waals surface area contributed by atoms with Gasteiger partial charge >= 0.3 is 5.69 Å². The van der Waals surface area contributed by atoms with Crippen molar-refractivity contribution >= 4 is 17.0 Å². The molecule has 0 spiro atoms. The molecule has 2 aromatic heterocycles. The predicted octanol–water partition coefficient (Wildman–Crippen LogP) is -0.396. The minimum Gasteiger partial charge on any atom is -0.368 e. The molecular weight excluding hydrogens is 170 g/mol. The van der Waals surface area contributed by atoms with Gasteiger partial charge in [0.05, 0.1) is 5.39 Å². The molecule has 0 aromatic carbocycles. The van der Waals surface area contributed by atoms with Crippen LogP contribution in [0.2, 0.25) is 0 Å². The molecule has 2 rings (SSSR count). The van der Waals surface area contributed by atoms with E-state index in [1.165, 1.54) is 6.20 Å². The first-order valence-electron chi connectivity index (χ1n) is 3.66. The number of aromatic nitrogens is 4. The second-order valence-corrected chi connectivity index (χ2v) is 2.63. The van der Waals surface area contributed by atoms with E-state index in [1.54, 1.807) is 6.92 Å². The highest BCUT2D eigenvalue weighted by atomic mass is 16.1. The standard InChI is InChI=1S/C7H7N5O/c1-3-4-2-9-6(8)11-5(4)12-7(13)10-3/h2H,1H3,(H3,8,9,10,11,12,13). The van der Waals surface area contributed by atoms with Crippen molar-refractivity contribution in [1.82, 2.24) is 19.9 Å². The van der Waals surface area contributed by atoms with Crippen molar-refractivity contribution in [2.75, 3.05) is 5.73 Å². The van der Waals surface area contributed by atoms with E-state index in [-0.39, 0.29) is 5.95 Å². The molecule has 0 atom stereocenters. The summed E-state index contributed by atoms with van der Waals surface area (Å²) in [5.74, 6) is 0.116. The Kier molecular flexibility index (Phi) is 1.48. The monoisotopic (exact) mass is 177 g/mol. The zero-order chi connectivity index (χ0) is 9.42. The van der Waals surface area contributed by atoms with E-state index in [1.807, 2.05) is 0 Å². The van der Waals surface area contributed by atoms with E-state index in [0.29, 0.717) is 16.7 Å². The number of nitrogens with two attached hydrogens (primary N) is 1. The Morgan fingerprint density at radius 2 is 2.23 bits per heavy atom. The summed E-state index contributed by atoms with van der Waals surface area (Å²) in [4.78, 5) is 24.8. The van der Waals surface area contributed by atoms with Crippen LogP contribution in [0.15, 0.2) is 11.0 Å². The number of nitrogens with one attached hydrogen (secondary N) is 1. The largest absolute Gasteiger partial charge is 0.368 e. The maximum Gasteiger partial charge on any atom is 0.347 e. The number of nitrogen functional groups attached to an aromatic ring is 1. The number of hydrogen-bond donors (Lipinski definition) is 2. The quantitative estimate of drug-likeness (QED) is 0.570. The Labute approximate surface area is 72.9 Å². The van der Waals surface area contributed by atoms with Crippen molar-refractivity contribution in [3.8, 4) is 0 Å². The highest BCUT2D eigenvalue weighted by Crippen LogP contribution is 2.08. The second kappa shape index (κ2) is 2.51. The molecule has 0 fully saturated rings. The molecular formula is C7H7N5O. The SMILES string of the molecule is Cc1[nH]c(=O)nc2nc(N)ncc12. The van der Waals surface area contributed by atoms with Crippen LogP contribution in [-0.4, -0.2) is 19.9 Å². The van der Waals surface area contributed by atoms with Crippen molar-refractivity contribution in [2.45, 2.75) is 6.92 Å². The van der Waals surface area contributed by atoms with E-state index in [9.17, 15) is 4.79 Å². The van der Waals surface area contributed by atoms with Gasteiger partial charge in [0.25, 0.3) is 0 Å². The zero-order valence-electron chi connectivity index (χ0n) is 6.90. The number of hydrogen-bond acceptors (Lipinski definition) is 5. The molecule has 0 saturated heterocycles. The van der Waals surface area contributed by atoms with Gasteiger partial charge < -0.3 is 10.7 Å². The molecule has 0 bridgehead atoms. The first-order valence-corrected chi connectivity index (χ1v) is 3.66. The lowest BCUT2D eigenvalue weighted by atomic mass is 10.3. The van der Waals surface area contributed by atoms with Crippen LogP contribution in [0, 0.1) is 6.92 Å². The Morgan fingerprint density at radius 1 is 1.46 bits per heavy atom. The average molecular weight is 177 g/mol. The van der Waals surface area contributed by atoms with Gasteiger partial charge in [0.15, 0.2) is 5.65 Å².